The average Bonchev–Trinajstić information content (AvgIpc) is 3.42. The van der Waals surface area contributed by atoms with Crippen LogP contribution in [0, 0.1) is 0 Å². The largest absolute Gasteiger partial charge is 0.687 e. The third-order valence-corrected chi connectivity index (χ3v) is 15.9. The molecule has 1 aliphatic rings. The maximum absolute atomic E-state index is 13.5. The molecule has 0 spiro atoms. The zero-order valence-corrected chi connectivity index (χ0v) is 30.3. The number of hydrogen-bond acceptors (Lipinski definition) is 18. The number of carbonyl (C=O) groups excluding carboxylic acids is 2. The van der Waals surface area contributed by atoms with Gasteiger partial charge in [0, 0.05) is 12.3 Å². The monoisotopic (exact) mass is 809 g/mol. The number of pyridine rings is 1. The van der Waals surface area contributed by atoms with E-state index in [1.807, 2.05) is 0 Å². The number of rotatable bonds is 17. The lowest BCUT2D eigenvalue weighted by atomic mass is 10.1. The molecule has 24 heteroatoms. The summed E-state index contributed by atoms with van der Waals surface area (Å²) in [7, 11) is -18.9. The predicted octanol–water partition coefficient (Wildman–Crippen LogP) is -0.386. The van der Waals surface area contributed by atoms with E-state index in [2.05, 4.69) is 9.35 Å². The van der Waals surface area contributed by atoms with Gasteiger partial charge in [-0.3, -0.25) is 13.9 Å². The summed E-state index contributed by atoms with van der Waals surface area (Å²) < 4.78 is 48.3. The topological polar surface area (TPSA) is 314 Å². The second kappa shape index (κ2) is 17.6. The van der Waals surface area contributed by atoms with E-state index in [9.17, 15) is 48.3 Å². The second-order valence-corrected chi connectivity index (χ2v) is 20.0. The number of aromatic nitrogens is 1. The summed E-state index contributed by atoms with van der Waals surface area (Å²) >= 11 is 0. The molecule has 0 radical (unpaired) electrons. The van der Waals surface area contributed by atoms with Crippen molar-refractivity contribution in [3.05, 3.63) is 106 Å². The van der Waals surface area contributed by atoms with E-state index in [0.29, 0.717) is 0 Å². The van der Waals surface area contributed by atoms with Crippen LogP contribution in [0.5, 0.6) is 0 Å². The molecule has 1 saturated heterocycles. The Hall–Kier alpha value is -2.67. The SMILES string of the molecule is CO[P+]([O-])(CP(=O)(O)C[P+]([O-])(OO)OO)OC[C@H]1O[C@@H](n2ccc(C[P+]([O-])([O-])[O-])cc2=O)[C@H](OC(=O)c2ccccc2)[C@@H]1OC(=O)c1ccccc1. The lowest BCUT2D eigenvalue weighted by Crippen LogP contribution is -2.42. The summed E-state index contributed by atoms with van der Waals surface area (Å²) in [6.07, 6.45) is -6.60. The van der Waals surface area contributed by atoms with Gasteiger partial charge in [0.1, 0.15) is 12.7 Å². The zero-order chi connectivity index (χ0) is 38.3. The van der Waals surface area contributed by atoms with Crippen LogP contribution in [-0.2, 0) is 43.3 Å². The van der Waals surface area contributed by atoms with Gasteiger partial charge < -0.3 is 43.6 Å². The predicted molar refractivity (Wildman–Crippen MR) is 170 cm³/mol. The van der Waals surface area contributed by atoms with Crippen LogP contribution in [0.15, 0.2) is 83.8 Å². The van der Waals surface area contributed by atoms with Crippen molar-refractivity contribution in [2.45, 2.75) is 30.7 Å². The number of ether oxygens (including phenoxy) is 3. The van der Waals surface area contributed by atoms with Crippen molar-refractivity contribution in [1.82, 2.24) is 4.57 Å². The fourth-order valence-corrected chi connectivity index (χ4v) is 12.8. The molecule has 52 heavy (non-hydrogen) atoms. The minimum absolute atomic E-state index is 0.0188. The highest BCUT2D eigenvalue weighted by Gasteiger charge is 2.54. The molecule has 2 aromatic carbocycles. The van der Waals surface area contributed by atoms with E-state index < -0.39 is 97.8 Å². The molecule has 2 unspecified atom stereocenters. The van der Waals surface area contributed by atoms with Crippen LogP contribution in [0.25, 0.3) is 0 Å². The molecule has 3 N–H and O–H groups in total. The summed E-state index contributed by atoms with van der Waals surface area (Å²) in [5, 5.41) is 17.5. The summed E-state index contributed by atoms with van der Waals surface area (Å²) in [4.78, 5) is 110. The van der Waals surface area contributed by atoms with Crippen molar-refractivity contribution in [3.63, 3.8) is 0 Å². The molecule has 20 nitrogen and oxygen atoms in total. The van der Waals surface area contributed by atoms with Crippen molar-refractivity contribution in [3.8, 4) is 0 Å². The molecule has 4 rings (SSSR count). The Morgan fingerprint density at radius 3 is 1.85 bits per heavy atom. The van der Waals surface area contributed by atoms with Gasteiger partial charge in [0.15, 0.2) is 30.2 Å². The molecule has 6 atom stereocenters. The molecule has 1 aromatic heterocycles. The second-order valence-electron chi connectivity index (χ2n) is 11.1. The van der Waals surface area contributed by atoms with Gasteiger partial charge >= 0.3 is 19.9 Å². The fourth-order valence-electron chi connectivity index (χ4n) is 4.92. The van der Waals surface area contributed by atoms with Crippen LogP contribution < -0.4 is 30.0 Å². The van der Waals surface area contributed by atoms with Crippen molar-refractivity contribution in [2.75, 3.05) is 25.5 Å². The molecule has 0 amide bonds. The third kappa shape index (κ3) is 11.4. The number of nitrogens with zero attached hydrogens (tertiary/aromatic N) is 1. The van der Waals surface area contributed by atoms with Crippen LogP contribution in [0.3, 0.4) is 0 Å². The molecule has 2 heterocycles. The normalized spacial score (nSPS) is 21.6. The minimum Gasteiger partial charge on any atom is -0.687 e. The van der Waals surface area contributed by atoms with Crippen molar-refractivity contribution < 1.29 is 86.6 Å². The Balaban J connectivity index is 1.72. The van der Waals surface area contributed by atoms with E-state index in [-0.39, 0.29) is 16.7 Å². The first kappa shape index (κ1) is 42.1. The van der Waals surface area contributed by atoms with Gasteiger partial charge in [0.2, 0.25) is 7.94 Å². The highest BCUT2D eigenvalue weighted by Crippen LogP contribution is 2.70. The maximum Gasteiger partial charge on any atom is 0.338 e. The summed E-state index contributed by atoms with van der Waals surface area (Å²) in [6, 6.07) is 16.8. The Morgan fingerprint density at radius 2 is 1.37 bits per heavy atom. The van der Waals surface area contributed by atoms with Crippen molar-refractivity contribution >= 4 is 43.1 Å². The molecule has 0 saturated carbocycles. The number of benzene rings is 2. The molecule has 284 valence electrons. The maximum atomic E-state index is 13.5. The van der Waals surface area contributed by atoms with Gasteiger partial charge in [0.25, 0.3) is 12.9 Å². The Bertz CT molecular complexity index is 1770. The fraction of sp³-hybridized carbons (Fsp3) is 0.321. The molecular weight excluding hydrogens is 778 g/mol. The van der Waals surface area contributed by atoms with Crippen LogP contribution >= 0.6 is 31.2 Å². The lowest BCUT2D eigenvalue weighted by Gasteiger charge is -2.42. The summed E-state index contributed by atoms with van der Waals surface area (Å²) in [5.41, 5.74) is -1.08. The first-order valence-corrected chi connectivity index (χ1v) is 21.9. The van der Waals surface area contributed by atoms with Crippen molar-refractivity contribution in [1.29, 1.82) is 0 Å². The number of esters is 2. The highest BCUT2D eigenvalue weighted by molar-refractivity contribution is 7.82. The van der Waals surface area contributed by atoms with Gasteiger partial charge in [-0.2, -0.15) is 7.94 Å². The van der Waals surface area contributed by atoms with Gasteiger partial charge in [-0.15, -0.1) is 0 Å². The minimum atomic E-state index is -5.09. The Labute approximate surface area is 296 Å². The smallest absolute Gasteiger partial charge is 0.338 e. The van der Waals surface area contributed by atoms with Crippen LogP contribution in [0.2, 0.25) is 0 Å². The van der Waals surface area contributed by atoms with Gasteiger partial charge in [0.05, 0.1) is 24.4 Å². The Morgan fingerprint density at radius 1 is 0.846 bits per heavy atom. The first-order chi connectivity index (χ1) is 24.4. The Kier molecular flexibility index (Phi) is 14.3. The van der Waals surface area contributed by atoms with E-state index in [0.717, 1.165) is 30.0 Å². The highest BCUT2D eigenvalue weighted by atomic mass is 31.3. The average molecular weight is 809 g/mol. The first-order valence-electron chi connectivity index (χ1n) is 14.7. The zero-order valence-electron chi connectivity index (χ0n) is 26.8. The summed E-state index contributed by atoms with van der Waals surface area (Å²) in [5.74, 6) is -4.87. The molecule has 3 aromatic rings. The van der Waals surface area contributed by atoms with E-state index in [4.69, 9.17) is 33.8 Å². The van der Waals surface area contributed by atoms with Crippen LogP contribution in [0.1, 0.15) is 32.5 Å². The molecule has 0 bridgehead atoms. The quantitative estimate of drug-likeness (QED) is 0.0677. The van der Waals surface area contributed by atoms with Gasteiger partial charge in [-0.05, 0) is 35.9 Å². The lowest BCUT2D eigenvalue weighted by molar-refractivity contribution is -0.428. The summed E-state index contributed by atoms with van der Waals surface area (Å²) in [6.45, 7) is -0.916. The van der Waals surface area contributed by atoms with Crippen molar-refractivity contribution in [2.24, 2.45) is 0 Å². The standard InChI is InChI=1S/C28H33NO19P4/c1-42-51(40,17-49(35,36)18-52(41,47-33)48-34)43-15-22-24(45-27(31)20-8-4-2-5-9-20)25(46-28(32)21-10-6-3-7-11-21)26(44-22)29-13-12-19(14-23(29)30)16-50(37,38)39/h2-14,22,24-26,33-34H,15-18H2,1H3,(H,35,36)(H2,37,38,39)/p-2/t22-,24-,25-,26-,51?/m1/s1. The van der Waals surface area contributed by atoms with Gasteiger partial charge in [-0.25, -0.2) is 29.2 Å². The molecule has 0 aliphatic carbocycles. The number of hydrogen-bond donors (Lipinski definition) is 3. The third-order valence-electron chi connectivity index (χ3n) is 7.20. The van der Waals surface area contributed by atoms with E-state index >= 15 is 0 Å². The molecule has 1 fully saturated rings. The van der Waals surface area contributed by atoms with Crippen LogP contribution in [0.4, 0.5) is 0 Å². The number of carbonyl (C=O) groups is 2. The van der Waals surface area contributed by atoms with Crippen LogP contribution in [-0.4, -0.2) is 75.7 Å². The van der Waals surface area contributed by atoms with E-state index in [1.165, 1.54) is 48.5 Å². The molecule has 1 aliphatic heterocycles. The van der Waals surface area contributed by atoms with E-state index in [1.54, 1.807) is 12.1 Å². The molecular formula is C28H31NO19P4-2. The van der Waals surface area contributed by atoms with Gasteiger partial charge in [-0.1, -0.05) is 45.7 Å².